The van der Waals surface area contributed by atoms with Crippen molar-refractivity contribution in [2.45, 2.75) is 19.8 Å². The highest BCUT2D eigenvalue weighted by molar-refractivity contribution is 5.96. The van der Waals surface area contributed by atoms with Crippen LogP contribution in [0.15, 0.2) is 18.2 Å². The molecule has 5 heteroatoms. The third kappa shape index (κ3) is 3.71. The first-order valence-electron chi connectivity index (χ1n) is 6.25. The van der Waals surface area contributed by atoms with Crippen molar-refractivity contribution in [3.8, 4) is 11.5 Å². The number of esters is 1. The maximum Gasteiger partial charge on any atom is 0.313 e. The molecule has 0 unspecified atom stereocenters. The summed E-state index contributed by atoms with van der Waals surface area (Å²) in [6.07, 6.45) is 0.646. The average molecular weight is 264 g/mol. The number of rotatable bonds is 6. The Morgan fingerprint density at radius 1 is 1.37 bits per heavy atom. The quantitative estimate of drug-likeness (QED) is 0.576. The van der Waals surface area contributed by atoms with Crippen LogP contribution in [0.25, 0.3) is 0 Å². The predicted octanol–water partition coefficient (Wildman–Crippen LogP) is 1.52. The first-order valence-corrected chi connectivity index (χ1v) is 6.25. The molecule has 1 heterocycles. The Balaban J connectivity index is 1.82. The van der Waals surface area contributed by atoms with Gasteiger partial charge in [-0.15, -0.1) is 0 Å². The normalized spacial score (nSPS) is 12.5. The van der Waals surface area contributed by atoms with Crippen molar-refractivity contribution in [3.63, 3.8) is 0 Å². The number of fused-ring (bicyclic) bond motifs is 1. The molecular formula is C14H16O5. The van der Waals surface area contributed by atoms with E-state index in [4.69, 9.17) is 9.47 Å². The van der Waals surface area contributed by atoms with Crippen molar-refractivity contribution >= 4 is 11.8 Å². The zero-order valence-corrected chi connectivity index (χ0v) is 10.8. The molecule has 0 amide bonds. The van der Waals surface area contributed by atoms with Crippen molar-refractivity contribution in [2.75, 3.05) is 19.8 Å². The van der Waals surface area contributed by atoms with Crippen LogP contribution in [0.4, 0.5) is 0 Å². The third-order valence-electron chi connectivity index (χ3n) is 2.71. The van der Waals surface area contributed by atoms with Gasteiger partial charge in [0, 0.05) is 12.5 Å². The Hall–Kier alpha value is -2.04. The van der Waals surface area contributed by atoms with E-state index >= 15 is 0 Å². The molecule has 0 spiro atoms. The van der Waals surface area contributed by atoms with E-state index in [0.717, 1.165) is 17.7 Å². The summed E-state index contributed by atoms with van der Waals surface area (Å²) >= 11 is 0. The van der Waals surface area contributed by atoms with Gasteiger partial charge < -0.3 is 14.2 Å². The number of carbonyl (C=O) groups is 2. The number of carbonyl (C=O) groups excluding carboxylic acids is 2. The van der Waals surface area contributed by atoms with Gasteiger partial charge in [-0.05, 0) is 18.6 Å². The van der Waals surface area contributed by atoms with Gasteiger partial charge in [-0.1, -0.05) is 6.07 Å². The minimum atomic E-state index is -0.520. The molecule has 0 fully saturated rings. The zero-order chi connectivity index (χ0) is 13.7. The monoisotopic (exact) mass is 264 g/mol. The molecule has 1 aliphatic rings. The molecule has 2 rings (SSSR count). The second-order valence-electron chi connectivity index (χ2n) is 4.18. The van der Waals surface area contributed by atoms with Crippen molar-refractivity contribution in [1.29, 1.82) is 0 Å². The molecule has 102 valence electrons. The standard InChI is InChI=1S/C14H16O5/c1-2-17-14(16)7-11(15)9-19-12-4-3-10-5-6-18-13(10)8-12/h3-4,8H,2,5-7,9H2,1H3. The highest BCUT2D eigenvalue weighted by atomic mass is 16.5. The van der Waals surface area contributed by atoms with Crippen molar-refractivity contribution < 1.29 is 23.8 Å². The van der Waals surface area contributed by atoms with Crippen LogP contribution in [-0.2, 0) is 20.7 Å². The van der Waals surface area contributed by atoms with Gasteiger partial charge in [0.25, 0.3) is 0 Å². The lowest BCUT2D eigenvalue weighted by molar-refractivity contribution is -0.145. The van der Waals surface area contributed by atoms with Gasteiger partial charge in [-0.3, -0.25) is 9.59 Å². The van der Waals surface area contributed by atoms with E-state index in [0.29, 0.717) is 12.4 Å². The SMILES string of the molecule is CCOC(=O)CC(=O)COc1ccc2c(c1)OCC2. The highest BCUT2D eigenvalue weighted by Crippen LogP contribution is 2.29. The molecule has 1 aromatic rings. The minimum Gasteiger partial charge on any atom is -0.493 e. The molecule has 5 nitrogen and oxygen atoms in total. The molecule has 0 radical (unpaired) electrons. The van der Waals surface area contributed by atoms with Crippen LogP contribution >= 0.6 is 0 Å². The summed E-state index contributed by atoms with van der Waals surface area (Å²) in [4.78, 5) is 22.6. The van der Waals surface area contributed by atoms with Crippen molar-refractivity contribution in [3.05, 3.63) is 23.8 Å². The van der Waals surface area contributed by atoms with Gasteiger partial charge in [0.2, 0.25) is 0 Å². The average Bonchev–Trinajstić information content (AvgIpc) is 2.83. The van der Waals surface area contributed by atoms with E-state index in [1.807, 2.05) is 6.07 Å². The summed E-state index contributed by atoms with van der Waals surface area (Å²) < 4.78 is 15.4. The Morgan fingerprint density at radius 2 is 2.21 bits per heavy atom. The van der Waals surface area contributed by atoms with Gasteiger partial charge in [-0.25, -0.2) is 0 Å². The number of ether oxygens (including phenoxy) is 3. The number of hydrogen-bond acceptors (Lipinski definition) is 5. The first-order chi connectivity index (χ1) is 9.19. The fourth-order valence-corrected chi connectivity index (χ4v) is 1.82. The Labute approximate surface area is 111 Å². The topological polar surface area (TPSA) is 61.8 Å². The second kappa shape index (κ2) is 6.22. The predicted molar refractivity (Wildman–Crippen MR) is 67.4 cm³/mol. The van der Waals surface area contributed by atoms with E-state index in [1.165, 1.54) is 0 Å². The maximum atomic E-state index is 11.5. The van der Waals surface area contributed by atoms with E-state index < -0.39 is 5.97 Å². The van der Waals surface area contributed by atoms with Crippen molar-refractivity contribution in [2.24, 2.45) is 0 Å². The van der Waals surface area contributed by atoms with Crippen LogP contribution < -0.4 is 9.47 Å². The lowest BCUT2D eigenvalue weighted by Crippen LogP contribution is -2.17. The largest absolute Gasteiger partial charge is 0.493 e. The minimum absolute atomic E-state index is 0.141. The van der Waals surface area contributed by atoms with Crippen LogP contribution in [0, 0.1) is 0 Å². The van der Waals surface area contributed by atoms with E-state index in [2.05, 4.69) is 4.74 Å². The van der Waals surface area contributed by atoms with Gasteiger partial charge in [0.15, 0.2) is 5.78 Å². The van der Waals surface area contributed by atoms with Gasteiger partial charge in [-0.2, -0.15) is 0 Å². The Bertz CT molecular complexity index is 481. The number of benzene rings is 1. The van der Waals surface area contributed by atoms with Gasteiger partial charge in [0.1, 0.15) is 24.5 Å². The smallest absolute Gasteiger partial charge is 0.313 e. The molecule has 1 aliphatic heterocycles. The molecule has 0 N–H and O–H groups in total. The lowest BCUT2D eigenvalue weighted by atomic mass is 10.2. The van der Waals surface area contributed by atoms with Crippen LogP contribution in [0.2, 0.25) is 0 Å². The highest BCUT2D eigenvalue weighted by Gasteiger charge is 2.14. The summed E-state index contributed by atoms with van der Waals surface area (Å²) in [5, 5.41) is 0. The lowest BCUT2D eigenvalue weighted by Gasteiger charge is -2.07. The van der Waals surface area contributed by atoms with E-state index in [9.17, 15) is 9.59 Å². The molecule has 0 atom stereocenters. The van der Waals surface area contributed by atoms with Crippen LogP contribution in [0.3, 0.4) is 0 Å². The molecule has 0 bridgehead atoms. The van der Waals surface area contributed by atoms with Crippen LogP contribution in [0.1, 0.15) is 18.9 Å². The first kappa shape index (κ1) is 13.4. The Kier molecular flexibility index (Phi) is 4.39. The number of ketones is 1. The summed E-state index contributed by atoms with van der Waals surface area (Å²) in [5.41, 5.74) is 1.14. The molecular weight excluding hydrogens is 248 g/mol. The summed E-state index contributed by atoms with van der Waals surface area (Å²) in [5.74, 6) is 0.543. The second-order valence-corrected chi connectivity index (χ2v) is 4.18. The fourth-order valence-electron chi connectivity index (χ4n) is 1.82. The van der Waals surface area contributed by atoms with Crippen LogP contribution in [-0.4, -0.2) is 31.6 Å². The summed E-state index contributed by atoms with van der Waals surface area (Å²) in [6.45, 7) is 2.51. The molecule has 0 saturated carbocycles. The van der Waals surface area contributed by atoms with Gasteiger partial charge >= 0.3 is 5.97 Å². The third-order valence-corrected chi connectivity index (χ3v) is 2.71. The molecule has 0 aromatic heterocycles. The number of Topliss-reactive ketones (excluding diaryl/α,β-unsaturated/α-hetero) is 1. The molecule has 19 heavy (non-hydrogen) atoms. The number of hydrogen-bond donors (Lipinski definition) is 0. The van der Waals surface area contributed by atoms with E-state index in [-0.39, 0.29) is 25.4 Å². The Morgan fingerprint density at radius 3 is 3.00 bits per heavy atom. The van der Waals surface area contributed by atoms with Crippen LogP contribution in [0.5, 0.6) is 11.5 Å². The fraction of sp³-hybridized carbons (Fsp3) is 0.429. The maximum absolute atomic E-state index is 11.5. The summed E-state index contributed by atoms with van der Waals surface area (Å²) in [7, 11) is 0. The molecule has 1 aromatic carbocycles. The molecule has 0 aliphatic carbocycles. The van der Waals surface area contributed by atoms with Gasteiger partial charge in [0.05, 0.1) is 13.2 Å². The van der Waals surface area contributed by atoms with Crippen molar-refractivity contribution in [1.82, 2.24) is 0 Å². The zero-order valence-electron chi connectivity index (χ0n) is 10.8. The molecule has 0 saturated heterocycles. The van der Waals surface area contributed by atoms with E-state index in [1.54, 1.807) is 19.1 Å². The summed E-state index contributed by atoms with van der Waals surface area (Å²) in [6, 6.07) is 5.48.